The van der Waals surface area contributed by atoms with Crippen LogP contribution in [0.1, 0.15) is 17.5 Å². The number of rotatable bonds is 3. The van der Waals surface area contributed by atoms with Crippen LogP contribution >= 0.6 is 12.4 Å². The number of hydrogen-bond acceptors (Lipinski definition) is 3. The van der Waals surface area contributed by atoms with Gasteiger partial charge in [-0.05, 0) is 26.1 Å². The number of ketones is 1. The summed E-state index contributed by atoms with van der Waals surface area (Å²) in [5.41, 5.74) is 0.754. The summed E-state index contributed by atoms with van der Waals surface area (Å²) in [6.07, 6.45) is 0. The van der Waals surface area contributed by atoms with Crippen LogP contribution in [0.25, 0.3) is 11.0 Å². The number of Topliss-reactive ketones (excluding diaryl/α,β-unsaturated/α-hetero) is 1. The number of furan rings is 1. The summed E-state index contributed by atoms with van der Waals surface area (Å²) in [7, 11) is 1.76. The van der Waals surface area contributed by atoms with E-state index >= 15 is 0 Å². The molecule has 0 spiro atoms. The molecular formula is C12H14ClNO2. The predicted octanol–water partition coefficient (Wildman–Crippen LogP) is 2.65. The highest BCUT2D eigenvalue weighted by Crippen LogP contribution is 2.19. The van der Waals surface area contributed by atoms with Gasteiger partial charge in [-0.25, -0.2) is 0 Å². The minimum Gasteiger partial charge on any atom is -0.453 e. The van der Waals surface area contributed by atoms with Gasteiger partial charge in [-0.1, -0.05) is 18.2 Å². The molecule has 0 bridgehead atoms. The van der Waals surface area contributed by atoms with Gasteiger partial charge >= 0.3 is 0 Å². The Morgan fingerprint density at radius 1 is 1.38 bits per heavy atom. The predicted molar refractivity (Wildman–Crippen MR) is 66.3 cm³/mol. The second-order valence-electron chi connectivity index (χ2n) is 3.52. The largest absolute Gasteiger partial charge is 0.453 e. The van der Waals surface area contributed by atoms with Gasteiger partial charge in [0, 0.05) is 5.39 Å². The third-order valence-corrected chi connectivity index (χ3v) is 2.49. The fourth-order valence-corrected chi connectivity index (χ4v) is 1.45. The molecule has 1 atom stereocenters. The molecule has 0 saturated heterocycles. The van der Waals surface area contributed by atoms with E-state index in [9.17, 15) is 4.79 Å². The van der Waals surface area contributed by atoms with Crippen LogP contribution in [0, 0.1) is 0 Å². The van der Waals surface area contributed by atoms with Gasteiger partial charge < -0.3 is 9.73 Å². The molecule has 0 fully saturated rings. The van der Waals surface area contributed by atoms with Crippen molar-refractivity contribution in [1.29, 1.82) is 0 Å². The summed E-state index contributed by atoms with van der Waals surface area (Å²) in [6.45, 7) is 1.82. The Morgan fingerprint density at radius 3 is 2.69 bits per heavy atom. The van der Waals surface area contributed by atoms with Crippen molar-refractivity contribution in [2.24, 2.45) is 0 Å². The van der Waals surface area contributed by atoms with Gasteiger partial charge in [0.25, 0.3) is 0 Å². The lowest BCUT2D eigenvalue weighted by molar-refractivity contribution is 0.0929. The van der Waals surface area contributed by atoms with Crippen molar-refractivity contribution >= 4 is 29.2 Å². The fraction of sp³-hybridized carbons (Fsp3) is 0.250. The smallest absolute Gasteiger partial charge is 0.214 e. The topological polar surface area (TPSA) is 42.2 Å². The van der Waals surface area contributed by atoms with E-state index in [1.54, 1.807) is 13.1 Å². The van der Waals surface area contributed by atoms with Crippen LogP contribution in [0.4, 0.5) is 0 Å². The van der Waals surface area contributed by atoms with Crippen LogP contribution < -0.4 is 5.32 Å². The van der Waals surface area contributed by atoms with Gasteiger partial charge in [-0.3, -0.25) is 4.79 Å². The normalized spacial score (nSPS) is 12.1. The Kier molecular flexibility index (Phi) is 4.10. The fourth-order valence-electron chi connectivity index (χ4n) is 1.45. The molecule has 1 aromatic heterocycles. The van der Waals surface area contributed by atoms with Gasteiger partial charge in [0.2, 0.25) is 5.78 Å². The molecule has 86 valence electrons. The first-order valence-corrected chi connectivity index (χ1v) is 4.92. The maximum Gasteiger partial charge on any atom is 0.214 e. The molecule has 1 heterocycles. The zero-order valence-corrected chi connectivity index (χ0v) is 10.0. The third kappa shape index (κ3) is 2.26. The number of para-hydroxylation sites is 1. The van der Waals surface area contributed by atoms with Crippen LogP contribution in [0.5, 0.6) is 0 Å². The van der Waals surface area contributed by atoms with Gasteiger partial charge in [-0.15, -0.1) is 12.4 Å². The number of carbonyl (C=O) groups is 1. The maximum atomic E-state index is 11.8. The molecule has 0 aliphatic carbocycles. The van der Waals surface area contributed by atoms with Gasteiger partial charge in [0.15, 0.2) is 5.76 Å². The molecule has 0 saturated carbocycles. The minimum absolute atomic E-state index is 0. The highest BCUT2D eigenvalue weighted by Gasteiger charge is 2.17. The molecule has 2 aromatic rings. The lowest BCUT2D eigenvalue weighted by Gasteiger charge is -2.04. The zero-order chi connectivity index (χ0) is 10.8. The van der Waals surface area contributed by atoms with E-state index in [2.05, 4.69) is 5.32 Å². The van der Waals surface area contributed by atoms with E-state index < -0.39 is 0 Å². The Bertz CT molecular complexity index is 459. The Hall–Kier alpha value is -1.32. The molecule has 0 radical (unpaired) electrons. The van der Waals surface area contributed by atoms with E-state index in [0.717, 1.165) is 11.0 Å². The SMILES string of the molecule is CNC(C)C(=O)c1cc2ccccc2o1.Cl. The number of benzene rings is 1. The molecule has 0 aliphatic heterocycles. The summed E-state index contributed by atoms with van der Waals surface area (Å²) < 4.78 is 5.46. The third-order valence-electron chi connectivity index (χ3n) is 2.49. The second kappa shape index (κ2) is 5.14. The molecule has 4 heteroatoms. The first kappa shape index (κ1) is 12.7. The number of halogens is 1. The standard InChI is InChI=1S/C12H13NO2.ClH/c1-8(13-2)12(14)11-7-9-5-3-4-6-10(9)15-11;/h3-8,13H,1-2H3;1H. The summed E-state index contributed by atoms with van der Waals surface area (Å²) in [4.78, 5) is 11.8. The maximum absolute atomic E-state index is 11.8. The monoisotopic (exact) mass is 239 g/mol. The summed E-state index contributed by atoms with van der Waals surface area (Å²) >= 11 is 0. The number of carbonyl (C=O) groups excluding carboxylic acids is 1. The first-order chi connectivity index (χ1) is 7.22. The van der Waals surface area contributed by atoms with E-state index in [1.807, 2.05) is 31.2 Å². The summed E-state index contributed by atoms with van der Waals surface area (Å²) in [5, 5.41) is 3.86. The average Bonchev–Trinajstić information content (AvgIpc) is 2.70. The summed E-state index contributed by atoms with van der Waals surface area (Å²) in [5.74, 6) is 0.395. The van der Waals surface area contributed by atoms with Crippen LogP contribution in [-0.4, -0.2) is 18.9 Å². The molecule has 0 aliphatic rings. The first-order valence-electron chi connectivity index (χ1n) is 4.92. The van der Waals surface area contributed by atoms with E-state index in [-0.39, 0.29) is 24.2 Å². The number of fused-ring (bicyclic) bond motifs is 1. The molecule has 1 aromatic carbocycles. The summed E-state index contributed by atoms with van der Waals surface area (Å²) in [6, 6.07) is 9.17. The molecule has 1 unspecified atom stereocenters. The minimum atomic E-state index is -0.217. The Labute approximate surface area is 100 Å². The number of nitrogens with one attached hydrogen (secondary N) is 1. The lowest BCUT2D eigenvalue weighted by Crippen LogP contribution is -2.30. The Balaban J connectivity index is 0.00000128. The van der Waals surface area contributed by atoms with Crippen LogP contribution in [0.2, 0.25) is 0 Å². The van der Waals surface area contributed by atoms with Crippen molar-refractivity contribution in [2.75, 3.05) is 7.05 Å². The lowest BCUT2D eigenvalue weighted by atomic mass is 10.1. The van der Waals surface area contributed by atoms with Gasteiger partial charge in [-0.2, -0.15) is 0 Å². The highest BCUT2D eigenvalue weighted by atomic mass is 35.5. The van der Waals surface area contributed by atoms with Crippen molar-refractivity contribution in [3.05, 3.63) is 36.1 Å². The average molecular weight is 240 g/mol. The van der Waals surface area contributed by atoms with Gasteiger partial charge in [0.1, 0.15) is 5.58 Å². The molecule has 16 heavy (non-hydrogen) atoms. The van der Waals surface area contributed by atoms with Crippen molar-refractivity contribution in [2.45, 2.75) is 13.0 Å². The molecule has 0 amide bonds. The van der Waals surface area contributed by atoms with Crippen LogP contribution in [0.15, 0.2) is 34.7 Å². The van der Waals surface area contributed by atoms with Crippen LogP contribution in [-0.2, 0) is 0 Å². The zero-order valence-electron chi connectivity index (χ0n) is 9.19. The number of hydrogen-bond donors (Lipinski definition) is 1. The van der Waals surface area contributed by atoms with E-state index in [1.165, 1.54) is 0 Å². The van der Waals surface area contributed by atoms with E-state index in [4.69, 9.17) is 4.42 Å². The molecule has 1 N–H and O–H groups in total. The quantitative estimate of drug-likeness (QED) is 0.838. The highest BCUT2D eigenvalue weighted by molar-refractivity contribution is 6.00. The van der Waals surface area contributed by atoms with Crippen molar-refractivity contribution < 1.29 is 9.21 Å². The number of likely N-dealkylation sites (N-methyl/N-ethyl adjacent to an activating group) is 1. The van der Waals surface area contributed by atoms with Gasteiger partial charge in [0.05, 0.1) is 6.04 Å². The Morgan fingerprint density at radius 2 is 2.06 bits per heavy atom. The second-order valence-corrected chi connectivity index (χ2v) is 3.52. The van der Waals surface area contributed by atoms with E-state index in [0.29, 0.717) is 5.76 Å². The molecular weight excluding hydrogens is 226 g/mol. The molecule has 3 nitrogen and oxygen atoms in total. The van der Waals surface area contributed by atoms with Crippen molar-refractivity contribution in [3.8, 4) is 0 Å². The van der Waals surface area contributed by atoms with Crippen LogP contribution in [0.3, 0.4) is 0 Å². The molecule has 2 rings (SSSR count). The van der Waals surface area contributed by atoms with Crippen molar-refractivity contribution in [3.63, 3.8) is 0 Å². The van der Waals surface area contributed by atoms with Crippen molar-refractivity contribution in [1.82, 2.24) is 5.32 Å².